The van der Waals surface area contributed by atoms with E-state index in [-0.39, 0.29) is 11.9 Å². The molecular formula is C19H21N5O. The van der Waals surface area contributed by atoms with Gasteiger partial charge in [-0.05, 0) is 44.2 Å². The molecule has 0 spiro atoms. The minimum Gasteiger partial charge on any atom is -0.365 e. The second kappa shape index (κ2) is 5.79. The number of aromatic nitrogens is 3. The fraction of sp³-hybridized carbons (Fsp3) is 0.474. The van der Waals surface area contributed by atoms with Crippen molar-refractivity contribution in [3.8, 4) is 11.4 Å². The van der Waals surface area contributed by atoms with Gasteiger partial charge in [-0.25, -0.2) is 9.97 Å². The van der Waals surface area contributed by atoms with Crippen molar-refractivity contribution >= 4 is 11.7 Å². The Kier molecular flexibility index (Phi) is 3.43. The minimum absolute atomic E-state index is 0.151. The lowest BCUT2D eigenvalue weighted by molar-refractivity contribution is -0.128. The molecule has 0 aromatic carbocycles. The van der Waals surface area contributed by atoms with Gasteiger partial charge in [0.2, 0.25) is 5.91 Å². The molecule has 3 aliphatic rings. The van der Waals surface area contributed by atoms with E-state index in [0.717, 1.165) is 61.5 Å². The number of nitrogens with one attached hydrogen (secondary N) is 1. The zero-order valence-electron chi connectivity index (χ0n) is 14.1. The molecule has 6 heteroatoms. The molecule has 128 valence electrons. The summed E-state index contributed by atoms with van der Waals surface area (Å²) in [6.07, 6.45) is 9.56. The number of anilines is 1. The summed E-state index contributed by atoms with van der Waals surface area (Å²) in [5, 5.41) is 3.57. The summed E-state index contributed by atoms with van der Waals surface area (Å²) in [6, 6.07) is 4.52. The predicted molar refractivity (Wildman–Crippen MR) is 94.1 cm³/mol. The summed E-state index contributed by atoms with van der Waals surface area (Å²) >= 11 is 0. The fourth-order valence-electron chi connectivity index (χ4n) is 3.94. The molecule has 3 heterocycles. The van der Waals surface area contributed by atoms with Crippen LogP contribution in [0, 0.1) is 0 Å². The molecule has 2 fully saturated rings. The van der Waals surface area contributed by atoms with E-state index >= 15 is 0 Å². The number of nitrogens with zero attached hydrogens (tertiary/aromatic N) is 4. The predicted octanol–water partition coefficient (Wildman–Crippen LogP) is 2.20. The molecule has 0 bridgehead atoms. The summed E-state index contributed by atoms with van der Waals surface area (Å²) in [5.74, 6) is 1.94. The maximum atomic E-state index is 12.2. The number of carbonyl (C=O) groups is 1. The van der Waals surface area contributed by atoms with Gasteiger partial charge >= 0.3 is 0 Å². The number of amides is 1. The molecule has 1 saturated carbocycles. The van der Waals surface area contributed by atoms with Crippen molar-refractivity contribution in [2.45, 2.75) is 50.6 Å². The molecule has 2 aromatic heterocycles. The van der Waals surface area contributed by atoms with Crippen LogP contribution in [0.25, 0.3) is 11.4 Å². The highest BCUT2D eigenvalue weighted by atomic mass is 16.2. The van der Waals surface area contributed by atoms with Gasteiger partial charge in [0, 0.05) is 48.2 Å². The van der Waals surface area contributed by atoms with Crippen molar-refractivity contribution in [3.63, 3.8) is 0 Å². The molecule has 25 heavy (non-hydrogen) atoms. The number of pyridine rings is 1. The van der Waals surface area contributed by atoms with Gasteiger partial charge in [-0.3, -0.25) is 9.78 Å². The number of hydrogen-bond acceptors (Lipinski definition) is 5. The third-order valence-electron chi connectivity index (χ3n) is 5.36. The molecule has 1 N–H and O–H groups in total. The molecular weight excluding hydrogens is 314 g/mol. The standard InChI is InChI=1S/C19H21N5O/c25-17-10-13(11-24(17)14-4-5-14)21-19-15-2-1-3-16(15)22-18(23-19)12-6-8-20-9-7-12/h6-9,13-14H,1-5,10-11H2,(H,21,22,23)/t13-/m0/s1. The Hall–Kier alpha value is -2.50. The van der Waals surface area contributed by atoms with E-state index < -0.39 is 0 Å². The van der Waals surface area contributed by atoms with Crippen LogP contribution in [0.15, 0.2) is 24.5 Å². The molecule has 5 rings (SSSR count). The minimum atomic E-state index is 0.151. The first-order chi connectivity index (χ1) is 12.3. The van der Waals surface area contributed by atoms with Gasteiger partial charge in [-0.2, -0.15) is 0 Å². The summed E-state index contributed by atoms with van der Waals surface area (Å²) in [7, 11) is 0. The van der Waals surface area contributed by atoms with Crippen molar-refractivity contribution in [1.29, 1.82) is 0 Å². The van der Waals surface area contributed by atoms with Crippen LogP contribution in [-0.2, 0) is 17.6 Å². The normalized spacial score (nSPS) is 22.3. The van der Waals surface area contributed by atoms with E-state index in [1.807, 2.05) is 17.0 Å². The average molecular weight is 335 g/mol. The zero-order valence-corrected chi connectivity index (χ0v) is 14.1. The van der Waals surface area contributed by atoms with Crippen LogP contribution < -0.4 is 5.32 Å². The molecule has 1 saturated heterocycles. The summed E-state index contributed by atoms with van der Waals surface area (Å²) in [6.45, 7) is 0.798. The molecule has 0 unspecified atom stereocenters. The molecule has 2 aromatic rings. The third kappa shape index (κ3) is 2.75. The van der Waals surface area contributed by atoms with Gasteiger partial charge in [-0.1, -0.05) is 0 Å². The lowest BCUT2D eigenvalue weighted by atomic mass is 10.2. The van der Waals surface area contributed by atoms with Crippen molar-refractivity contribution in [1.82, 2.24) is 19.9 Å². The Bertz CT molecular complexity index is 818. The van der Waals surface area contributed by atoms with Crippen LogP contribution >= 0.6 is 0 Å². The molecule has 6 nitrogen and oxygen atoms in total. The third-order valence-corrected chi connectivity index (χ3v) is 5.36. The van der Waals surface area contributed by atoms with Crippen LogP contribution in [0.2, 0.25) is 0 Å². The van der Waals surface area contributed by atoms with Gasteiger partial charge in [0.1, 0.15) is 5.82 Å². The van der Waals surface area contributed by atoms with Gasteiger partial charge in [-0.15, -0.1) is 0 Å². The molecule has 1 amide bonds. The highest BCUT2D eigenvalue weighted by molar-refractivity contribution is 5.80. The Morgan fingerprint density at radius 2 is 1.96 bits per heavy atom. The summed E-state index contributed by atoms with van der Waals surface area (Å²) in [5.41, 5.74) is 3.36. The maximum Gasteiger partial charge on any atom is 0.225 e. The van der Waals surface area contributed by atoms with Crippen LogP contribution in [-0.4, -0.2) is 44.4 Å². The fourth-order valence-corrected chi connectivity index (χ4v) is 3.94. The van der Waals surface area contributed by atoms with Crippen LogP contribution in [0.1, 0.15) is 36.9 Å². The maximum absolute atomic E-state index is 12.2. The lowest BCUT2D eigenvalue weighted by Gasteiger charge is -2.18. The van der Waals surface area contributed by atoms with Crippen molar-refractivity contribution in [2.75, 3.05) is 11.9 Å². The first-order valence-electron chi connectivity index (χ1n) is 9.14. The van der Waals surface area contributed by atoms with Gasteiger partial charge in [0.05, 0.1) is 6.04 Å². The largest absolute Gasteiger partial charge is 0.365 e. The summed E-state index contributed by atoms with van der Waals surface area (Å²) in [4.78, 5) is 27.9. The first kappa shape index (κ1) is 14.8. The molecule has 1 aliphatic heterocycles. The van der Waals surface area contributed by atoms with Crippen LogP contribution in [0.5, 0.6) is 0 Å². The second-order valence-electron chi connectivity index (χ2n) is 7.23. The first-order valence-corrected chi connectivity index (χ1v) is 9.14. The Morgan fingerprint density at radius 3 is 2.76 bits per heavy atom. The van der Waals surface area contributed by atoms with Gasteiger partial charge < -0.3 is 10.2 Å². The van der Waals surface area contributed by atoms with E-state index in [1.165, 1.54) is 5.56 Å². The van der Waals surface area contributed by atoms with Crippen molar-refractivity contribution < 1.29 is 4.79 Å². The quantitative estimate of drug-likeness (QED) is 0.927. The van der Waals surface area contributed by atoms with Gasteiger partial charge in [0.15, 0.2) is 5.82 Å². The van der Waals surface area contributed by atoms with Crippen molar-refractivity contribution in [2.24, 2.45) is 0 Å². The van der Waals surface area contributed by atoms with Crippen LogP contribution in [0.3, 0.4) is 0 Å². The van der Waals surface area contributed by atoms with E-state index in [1.54, 1.807) is 12.4 Å². The Labute approximate surface area is 146 Å². The van der Waals surface area contributed by atoms with E-state index in [2.05, 4.69) is 10.3 Å². The Balaban J connectivity index is 1.44. The highest BCUT2D eigenvalue weighted by Crippen LogP contribution is 2.33. The van der Waals surface area contributed by atoms with Gasteiger partial charge in [0.25, 0.3) is 0 Å². The SMILES string of the molecule is O=C1C[C@H](Nc2nc(-c3ccncc3)nc3c2CCC3)CN1C1CC1. The van der Waals surface area contributed by atoms with E-state index in [4.69, 9.17) is 9.97 Å². The summed E-state index contributed by atoms with van der Waals surface area (Å²) < 4.78 is 0. The number of fused-ring (bicyclic) bond motifs is 1. The number of carbonyl (C=O) groups excluding carboxylic acids is 1. The topological polar surface area (TPSA) is 71.0 Å². The van der Waals surface area contributed by atoms with Crippen molar-refractivity contribution in [3.05, 3.63) is 35.8 Å². The molecule has 1 atom stereocenters. The smallest absolute Gasteiger partial charge is 0.225 e. The van der Waals surface area contributed by atoms with E-state index in [9.17, 15) is 4.79 Å². The lowest BCUT2D eigenvalue weighted by Crippen LogP contribution is -2.30. The van der Waals surface area contributed by atoms with Crippen LogP contribution in [0.4, 0.5) is 5.82 Å². The average Bonchev–Trinajstić information content (AvgIpc) is 3.24. The molecule has 0 radical (unpaired) electrons. The highest BCUT2D eigenvalue weighted by Gasteiger charge is 2.39. The monoisotopic (exact) mass is 335 g/mol. The number of likely N-dealkylation sites (tertiary alicyclic amines) is 1. The Morgan fingerprint density at radius 1 is 1.12 bits per heavy atom. The number of hydrogen-bond donors (Lipinski definition) is 1. The number of rotatable bonds is 4. The number of aryl methyl sites for hydroxylation is 1. The zero-order chi connectivity index (χ0) is 16.8. The second-order valence-corrected chi connectivity index (χ2v) is 7.23. The van der Waals surface area contributed by atoms with E-state index in [0.29, 0.717) is 12.5 Å². The molecule has 2 aliphatic carbocycles.